The second-order valence-electron chi connectivity index (χ2n) is 5.88. The Bertz CT molecular complexity index is 713. The van der Waals surface area contributed by atoms with E-state index in [-0.39, 0.29) is 11.5 Å². The highest BCUT2D eigenvalue weighted by Crippen LogP contribution is 2.55. The first kappa shape index (κ1) is 11.5. The fourth-order valence-electron chi connectivity index (χ4n) is 3.54. The second-order valence-corrected chi connectivity index (χ2v) is 6.93. The van der Waals surface area contributed by atoms with Gasteiger partial charge < -0.3 is 10.2 Å². The highest BCUT2D eigenvalue weighted by atomic mass is 32.1. The lowest BCUT2D eigenvalue weighted by molar-refractivity contribution is 0.0830. The van der Waals surface area contributed by atoms with Crippen molar-refractivity contribution in [2.75, 3.05) is 0 Å². The molecule has 0 unspecified atom stereocenters. The normalized spacial score (nSPS) is 29.2. The topological polar surface area (TPSA) is 40.5 Å². The number of hydrogen-bond acceptors (Lipinski definition) is 3. The van der Waals surface area contributed by atoms with E-state index >= 15 is 0 Å². The Morgan fingerprint density at radius 1 is 1.37 bits per heavy atom. The molecule has 2 N–H and O–H groups in total. The smallest absolute Gasteiger partial charge is 0.117 e. The van der Waals surface area contributed by atoms with Gasteiger partial charge >= 0.3 is 0 Å². The van der Waals surface area contributed by atoms with Crippen molar-refractivity contribution in [2.24, 2.45) is 5.41 Å². The van der Waals surface area contributed by atoms with Gasteiger partial charge in [0.25, 0.3) is 0 Å². The molecular weight excluding hydrogens is 256 g/mol. The lowest BCUT2D eigenvalue weighted by atomic mass is 9.71. The number of phenols is 1. The van der Waals surface area contributed by atoms with Crippen LogP contribution in [0.1, 0.15) is 30.2 Å². The van der Waals surface area contributed by atoms with E-state index in [9.17, 15) is 10.2 Å². The number of thiophene rings is 1. The first-order valence-electron chi connectivity index (χ1n) is 6.73. The average Bonchev–Trinajstić information content (AvgIpc) is 2.87. The van der Waals surface area contributed by atoms with E-state index in [0.29, 0.717) is 5.75 Å². The lowest BCUT2D eigenvalue weighted by Crippen LogP contribution is -2.32. The molecule has 0 aliphatic heterocycles. The number of phenolic OH excluding ortho intramolecular Hbond substituents is 1. The minimum atomic E-state index is -0.241. The minimum Gasteiger partial charge on any atom is -0.508 e. The third-order valence-electron chi connectivity index (χ3n) is 4.81. The maximum absolute atomic E-state index is 10.2. The number of rotatable bonds is 0. The van der Waals surface area contributed by atoms with Crippen molar-refractivity contribution in [1.29, 1.82) is 0 Å². The highest BCUT2D eigenvalue weighted by molar-refractivity contribution is 7.20. The quantitative estimate of drug-likeness (QED) is 0.767. The van der Waals surface area contributed by atoms with Gasteiger partial charge in [-0.1, -0.05) is 13.0 Å². The van der Waals surface area contributed by atoms with Crippen LogP contribution in [0.2, 0.25) is 0 Å². The summed E-state index contributed by atoms with van der Waals surface area (Å²) in [5.74, 6) is 0.328. The molecule has 0 radical (unpaired) electrons. The molecule has 0 spiro atoms. The monoisotopic (exact) mass is 272 g/mol. The fraction of sp³-hybridized carbons (Fsp3) is 0.375. The summed E-state index contributed by atoms with van der Waals surface area (Å²) >= 11 is 1.75. The van der Waals surface area contributed by atoms with Crippen molar-refractivity contribution in [1.82, 2.24) is 0 Å². The predicted molar refractivity (Wildman–Crippen MR) is 78.5 cm³/mol. The number of aromatic hydroxyl groups is 1. The van der Waals surface area contributed by atoms with Crippen molar-refractivity contribution < 1.29 is 10.2 Å². The molecule has 0 bridgehead atoms. The first-order chi connectivity index (χ1) is 9.09. The average molecular weight is 272 g/mol. The molecule has 0 amide bonds. The van der Waals surface area contributed by atoms with Crippen LogP contribution in [0.15, 0.2) is 24.3 Å². The standard InChI is InChI=1S/C16H16O2S/c1-16-7-6-11-10-3-2-9(17)8-13(10)19-15(11)12(16)4-5-14(16)18/h2-4,8,14,17-18H,5-7H2,1H3/t14-,16-/m1/s1. The van der Waals surface area contributed by atoms with Crippen molar-refractivity contribution in [3.63, 3.8) is 0 Å². The van der Waals surface area contributed by atoms with Crippen LogP contribution in [0.5, 0.6) is 5.75 Å². The molecule has 1 heterocycles. The molecular formula is C16H16O2S. The Hall–Kier alpha value is -1.32. The number of hydrogen-bond donors (Lipinski definition) is 2. The number of fused-ring (bicyclic) bond motifs is 5. The molecule has 0 saturated carbocycles. The summed E-state index contributed by atoms with van der Waals surface area (Å²) in [4.78, 5) is 1.32. The van der Waals surface area contributed by atoms with Crippen LogP contribution in [0.25, 0.3) is 15.7 Å². The molecule has 1 aromatic carbocycles. The second kappa shape index (κ2) is 3.62. The van der Waals surface area contributed by atoms with E-state index in [1.54, 1.807) is 17.4 Å². The molecule has 2 aromatic rings. The molecule has 98 valence electrons. The summed E-state index contributed by atoms with van der Waals surface area (Å²) in [6, 6.07) is 5.64. The van der Waals surface area contributed by atoms with Crippen LogP contribution < -0.4 is 0 Å². The van der Waals surface area contributed by atoms with Gasteiger partial charge in [-0.2, -0.15) is 0 Å². The molecule has 1 aromatic heterocycles. The molecule has 0 saturated heterocycles. The third kappa shape index (κ3) is 1.40. The Labute approximate surface area is 116 Å². The molecule has 3 heteroatoms. The van der Waals surface area contributed by atoms with Crippen LogP contribution in [-0.2, 0) is 6.42 Å². The van der Waals surface area contributed by atoms with Gasteiger partial charge in [0, 0.05) is 15.0 Å². The summed E-state index contributed by atoms with van der Waals surface area (Å²) in [6.45, 7) is 2.18. The van der Waals surface area contributed by atoms with Crippen LogP contribution in [0.4, 0.5) is 0 Å². The van der Waals surface area contributed by atoms with Gasteiger partial charge in [-0.05, 0) is 54.0 Å². The van der Waals surface area contributed by atoms with Crippen LogP contribution >= 0.6 is 11.3 Å². The lowest BCUT2D eigenvalue weighted by Gasteiger charge is -2.35. The van der Waals surface area contributed by atoms with Gasteiger partial charge in [-0.15, -0.1) is 11.3 Å². The molecule has 4 rings (SSSR count). The summed E-state index contributed by atoms with van der Waals surface area (Å²) in [6.07, 6.45) is 4.77. The van der Waals surface area contributed by atoms with Gasteiger partial charge in [0.05, 0.1) is 6.10 Å². The fourth-order valence-corrected chi connectivity index (χ4v) is 5.01. The van der Waals surface area contributed by atoms with E-state index in [1.165, 1.54) is 21.4 Å². The Kier molecular flexibility index (Phi) is 2.19. The summed E-state index contributed by atoms with van der Waals surface area (Å²) < 4.78 is 1.15. The van der Waals surface area contributed by atoms with Gasteiger partial charge in [-0.3, -0.25) is 0 Å². The van der Waals surface area contributed by atoms with Crippen molar-refractivity contribution in [3.05, 3.63) is 34.7 Å². The SMILES string of the molecule is C[C@@]12CCc3c(sc4cc(O)ccc34)C1=CC[C@H]2O. The molecule has 2 nitrogen and oxygen atoms in total. The maximum atomic E-state index is 10.2. The number of aliphatic hydroxyl groups is 1. The summed E-state index contributed by atoms with van der Waals surface area (Å²) in [7, 11) is 0. The Morgan fingerprint density at radius 2 is 2.21 bits per heavy atom. The molecule has 2 aliphatic carbocycles. The van der Waals surface area contributed by atoms with E-state index < -0.39 is 0 Å². The van der Waals surface area contributed by atoms with Crippen LogP contribution in [-0.4, -0.2) is 16.3 Å². The molecule has 0 fully saturated rings. The van der Waals surface area contributed by atoms with E-state index in [1.807, 2.05) is 12.1 Å². The van der Waals surface area contributed by atoms with E-state index in [2.05, 4.69) is 13.0 Å². The van der Waals surface area contributed by atoms with Crippen molar-refractivity contribution >= 4 is 27.0 Å². The largest absolute Gasteiger partial charge is 0.508 e. The zero-order valence-electron chi connectivity index (χ0n) is 10.8. The molecule has 2 atom stereocenters. The van der Waals surface area contributed by atoms with Gasteiger partial charge in [0.1, 0.15) is 5.75 Å². The maximum Gasteiger partial charge on any atom is 0.117 e. The molecule has 2 aliphatic rings. The first-order valence-corrected chi connectivity index (χ1v) is 7.55. The highest BCUT2D eigenvalue weighted by Gasteiger charge is 2.44. The minimum absolute atomic E-state index is 0.0735. The summed E-state index contributed by atoms with van der Waals surface area (Å²) in [5.41, 5.74) is 2.65. The zero-order valence-corrected chi connectivity index (χ0v) is 11.6. The van der Waals surface area contributed by atoms with Gasteiger partial charge in [0.15, 0.2) is 0 Å². The summed E-state index contributed by atoms with van der Waals surface area (Å²) in [5, 5.41) is 21.1. The van der Waals surface area contributed by atoms with E-state index in [4.69, 9.17) is 0 Å². The third-order valence-corrected chi connectivity index (χ3v) is 6.04. The van der Waals surface area contributed by atoms with Gasteiger partial charge in [0.2, 0.25) is 0 Å². The zero-order chi connectivity index (χ0) is 13.2. The predicted octanol–water partition coefficient (Wildman–Crippen LogP) is 3.71. The van der Waals surface area contributed by atoms with Crippen LogP contribution in [0.3, 0.4) is 0 Å². The Morgan fingerprint density at radius 3 is 3.05 bits per heavy atom. The van der Waals surface area contributed by atoms with Crippen molar-refractivity contribution in [3.8, 4) is 5.75 Å². The number of benzene rings is 1. The van der Waals surface area contributed by atoms with Gasteiger partial charge in [-0.25, -0.2) is 0 Å². The number of aliphatic hydroxyl groups excluding tert-OH is 1. The van der Waals surface area contributed by atoms with Crippen LogP contribution in [0, 0.1) is 5.41 Å². The Balaban J connectivity index is 1.98. The van der Waals surface area contributed by atoms with Crippen molar-refractivity contribution in [2.45, 2.75) is 32.3 Å². The van der Waals surface area contributed by atoms with E-state index in [0.717, 1.165) is 24.0 Å². The molecule has 19 heavy (non-hydrogen) atoms. The number of aryl methyl sites for hydroxylation is 1.